The predicted molar refractivity (Wildman–Crippen MR) is 87.3 cm³/mol. The maximum atomic E-state index is 14.0. The van der Waals surface area contributed by atoms with Gasteiger partial charge in [0.1, 0.15) is 16.7 Å². The van der Waals surface area contributed by atoms with Gasteiger partial charge >= 0.3 is 0 Å². The summed E-state index contributed by atoms with van der Waals surface area (Å²) in [4.78, 5) is 8.23. The third kappa shape index (κ3) is 3.43. The van der Waals surface area contributed by atoms with E-state index < -0.39 is 11.6 Å². The molecule has 0 radical (unpaired) electrons. The molecular weight excluding hydrogens is 338 g/mol. The SMILES string of the molecule is Cc1ccc(F)c(CNc2nc(Nc3cn[nH]c3)ncc2Cl)c1F. The van der Waals surface area contributed by atoms with Crippen LogP contribution in [0.15, 0.2) is 30.7 Å². The summed E-state index contributed by atoms with van der Waals surface area (Å²) in [6, 6.07) is 2.61. The highest BCUT2D eigenvalue weighted by atomic mass is 35.5. The zero-order chi connectivity index (χ0) is 17.1. The fourth-order valence-electron chi connectivity index (χ4n) is 2.05. The molecule has 0 saturated carbocycles. The van der Waals surface area contributed by atoms with Gasteiger partial charge in [0.15, 0.2) is 5.82 Å². The number of benzene rings is 1. The lowest BCUT2D eigenvalue weighted by molar-refractivity contribution is 0.554. The minimum absolute atomic E-state index is 0.0750. The predicted octanol–water partition coefficient (Wildman–Crippen LogP) is 3.80. The number of aryl methyl sites for hydroxylation is 1. The van der Waals surface area contributed by atoms with E-state index in [0.717, 1.165) is 0 Å². The average Bonchev–Trinajstić information content (AvgIpc) is 3.07. The summed E-state index contributed by atoms with van der Waals surface area (Å²) in [7, 11) is 0. The highest BCUT2D eigenvalue weighted by Gasteiger charge is 2.13. The quantitative estimate of drug-likeness (QED) is 0.652. The smallest absolute Gasteiger partial charge is 0.229 e. The minimum Gasteiger partial charge on any atom is -0.364 e. The molecule has 0 spiro atoms. The summed E-state index contributed by atoms with van der Waals surface area (Å²) in [5.41, 5.74) is 0.956. The van der Waals surface area contributed by atoms with Gasteiger partial charge in [-0.05, 0) is 18.6 Å². The molecule has 124 valence electrons. The highest BCUT2D eigenvalue weighted by Crippen LogP contribution is 2.23. The molecule has 9 heteroatoms. The third-order valence-electron chi connectivity index (χ3n) is 3.31. The third-order valence-corrected chi connectivity index (χ3v) is 3.59. The lowest BCUT2D eigenvalue weighted by Gasteiger charge is -2.11. The zero-order valence-corrected chi connectivity index (χ0v) is 13.3. The van der Waals surface area contributed by atoms with Crippen LogP contribution in [-0.2, 0) is 6.54 Å². The summed E-state index contributed by atoms with van der Waals surface area (Å²) in [6.45, 7) is 1.48. The van der Waals surface area contributed by atoms with Gasteiger partial charge in [-0.15, -0.1) is 0 Å². The Morgan fingerprint density at radius 3 is 2.83 bits per heavy atom. The minimum atomic E-state index is -0.632. The Morgan fingerprint density at radius 2 is 2.08 bits per heavy atom. The first-order valence-corrected chi connectivity index (χ1v) is 7.38. The van der Waals surface area contributed by atoms with Gasteiger partial charge in [0.25, 0.3) is 0 Å². The van der Waals surface area contributed by atoms with Crippen LogP contribution in [0.2, 0.25) is 5.02 Å². The Bertz CT molecular complexity index is 853. The van der Waals surface area contributed by atoms with Crippen LogP contribution in [0.1, 0.15) is 11.1 Å². The van der Waals surface area contributed by atoms with Gasteiger partial charge < -0.3 is 10.6 Å². The van der Waals surface area contributed by atoms with Gasteiger partial charge in [0.2, 0.25) is 5.95 Å². The average molecular weight is 351 g/mol. The molecule has 0 amide bonds. The van der Waals surface area contributed by atoms with Gasteiger partial charge in [0.05, 0.1) is 18.1 Å². The van der Waals surface area contributed by atoms with Crippen LogP contribution in [0.25, 0.3) is 0 Å². The van der Waals surface area contributed by atoms with Gasteiger partial charge in [-0.2, -0.15) is 10.1 Å². The molecule has 3 aromatic rings. The molecular formula is C15H13ClF2N6. The number of anilines is 3. The van der Waals surface area contributed by atoms with Gasteiger partial charge in [-0.25, -0.2) is 13.8 Å². The van der Waals surface area contributed by atoms with Crippen molar-refractivity contribution >= 4 is 29.1 Å². The van der Waals surface area contributed by atoms with E-state index in [1.165, 1.54) is 18.3 Å². The summed E-state index contributed by atoms with van der Waals surface area (Å²) in [6.07, 6.45) is 4.58. The van der Waals surface area contributed by atoms with Crippen LogP contribution in [0.3, 0.4) is 0 Å². The number of H-pyrrole nitrogens is 1. The van der Waals surface area contributed by atoms with Crippen molar-refractivity contribution in [2.24, 2.45) is 0 Å². The van der Waals surface area contributed by atoms with Gasteiger partial charge in [-0.1, -0.05) is 17.7 Å². The van der Waals surface area contributed by atoms with Crippen molar-refractivity contribution in [2.75, 3.05) is 10.6 Å². The van der Waals surface area contributed by atoms with E-state index in [2.05, 4.69) is 30.8 Å². The first-order chi connectivity index (χ1) is 11.5. The van der Waals surface area contributed by atoms with Crippen LogP contribution in [0, 0.1) is 18.6 Å². The molecule has 3 N–H and O–H groups in total. The number of aromatic amines is 1. The second-order valence-corrected chi connectivity index (χ2v) is 5.42. The Labute approximate surface area is 141 Å². The van der Waals surface area contributed by atoms with Gasteiger partial charge in [-0.3, -0.25) is 5.10 Å². The zero-order valence-electron chi connectivity index (χ0n) is 12.6. The van der Waals surface area contributed by atoms with Crippen molar-refractivity contribution in [3.8, 4) is 0 Å². The van der Waals surface area contributed by atoms with E-state index >= 15 is 0 Å². The standard InChI is InChI=1S/C15H13ClF2N6/c1-8-2-3-12(17)10(13(8)18)6-19-14-11(16)7-20-15(24-14)23-9-4-21-22-5-9/h2-5,7H,6H2,1H3,(H,21,22)(H2,19,20,23,24). The van der Waals surface area contributed by atoms with E-state index in [-0.39, 0.29) is 28.9 Å². The molecule has 2 heterocycles. The molecule has 24 heavy (non-hydrogen) atoms. The number of nitrogens with one attached hydrogen (secondary N) is 3. The summed E-state index contributed by atoms with van der Waals surface area (Å²) >= 11 is 6.03. The summed E-state index contributed by atoms with van der Waals surface area (Å²) in [5, 5.41) is 12.4. The number of hydrogen-bond acceptors (Lipinski definition) is 5. The van der Waals surface area contributed by atoms with E-state index in [4.69, 9.17) is 11.6 Å². The largest absolute Gasteiger partial charge is 0.364 e. The monoisotopic (exact) mass is 350 g/mol. The summed E-state index contributed by atoms with van der Waals surface area (Å²) < 4.78 is 27.8. The molecule has 0 aliphatic rings. The maximum absolute atomic E-state index is 14.0. The lowest BCUT2D eigenvalue weighted by atomic mass is 10.1. The molecule has 0 unspecified atom stereocenters. The number of nitrogens with zero attached hydrogens (tertiary/aromatic N) is 3. The molecule has 0 saturated heterocycles. The van der Waals surface area contributed by atoms with Crippen LogP contribution >= 0.6 is 11.6 Å². The fraction of sp³-hybridized carbons (Fsp3) is 0.133. The van der Waals surface area contributed by atoms with Crippen molar-refractivity contribution in [1.29, 1.82) is 0 Å². The van der Waals surface area contributed by atoms with Crippen molar-refractivity contribution in [3.05, 3.63) is 58.5 Å². The Hall–Kier alpha value is -2.74. The van der Waals surface area contributed by atoms with Crippen LogP contribution in [-0.4, -0.2) is 20.2 Å². The van der Waals surface area contributed by atoms with E-state index in [1.54, 1.807) is 19.3 Å². The first-order valence-electron chi connectivity index (χ1n) is 7.00. The molecule has 0 atom stereocenters. The molecule has 3 rings (SSSR count). The van der Waals surface area contributed by atoms with Crippen molar-refractivity contribution in [1.82, 2.24) is 20.2 Å². The van der Waals surface area contributed by atoms with Crippen LogP contribution in [0.5, 0.6) is 0 Å². The molecule has 0 fully saturated rings. The first kappa shape index (κ1) is 16.1. The molecule has 0 bridgehead atoms. The number of halogens is 3. The van der Waals surface area contributed by atoms with E-state index in [9.17, 15) is 8.78 Å². The Morgan fingerprint density at radius 1 is 1.25 bits per heavy atom. The highest BCUT2D eigenvalue weighted by molar-refractivity contribution is 6.32. The fourth-order valence-corrected chi connectivity index (χ4v) is 2.21. The topological polar surface area (TPSA) is 78.5 Å². The maximum Gasteiger partial charge on any atom is 0.229 e. The van der Waals surface area contributed by atoms with Crippen LogP contribution < -0.4 is 10.6 Å². The molecule has 0 aliphatic carbocycles. The van der Waals surface area contributed by atoms with E-state index in [0.29, 0.717) is 11.3 Å². The van der Waals surface area contributed by atoms with Gasteiger partial charge in [0, 0.05) is 18.3 Å². The number of rotatable bonds is 5. The molecule has 1 aromatic carbocycles. The van der Waals surface area contributed by atoms with Crippen LogP contribution in [0.4, 0.5) is 26.2 Å². The van der Waals surface area contributed by atoms with Crippen molar-refractivity contribution in [3.63, 3.8) is 0 Å². The normalized spacial score (nSPS) is 10.7. The Kier molecular flexibility index (Phi) is 4.57. The molecule has 6 nitrogen and oxygen atoms in total. The number of hydrogen-bond donors (Lipinski definition) is 3. The number of aromatic nitrogens is 4. The van der Waals surface area contributed by atoms with Crippen molar-refractivity contribution in [2.45, 2.75) is 13.5 Å². The van der Waals surface area contributed by atoms with E-state index in [1.807, 2.05) is 0 Å². The Balaban J connectivity index is 1.79. The second-order valence-electron chi connectivity index (χ2n) is 5.01. The summed E-state index contributed by atoms with van der Waals surface area (Å²) in [5.74, 6) is -0.691. The lowest BCUT2D eigenvalue weighted by Crippen LogP contribution is -2.08. The molecule has 0 aliphatic heterocycles. The van der Waals surface area contributed by atoms with Crippen molar-refractivity contribution < 1.29 is 8.78 Å². The molecule has 2 aromatic heterocycles. The second kappa shape index (κ2) is 6.79.